The van der Waals surface area contributed by atoms with Crippen LogP contribution in [-0.2, 0) is 4.74 Å². The first-order valence-electron chi connectivity index (χ1n) is 11.6. The normalized spacial score (nSPS) is 17.2. The summed E-state index contributed by atoms with van der Waals surface area (Å²) in [6, 6.07) is 11.1. The lowest BCUT2D eigenvalue weighted by Gasteiger charge is -2.39. The number of anilines is 3. The van der Waals surface area contributed by atoms with Gasteiger partial charge in [0.2, 0.25) is 0 Å². The van der Waals surface area contributed by atoms with Crippen LogP contribution in [0.5, 0.6) is 0 Å². The zero-order valence-electron chi connectivity index (χ0n) is 19.2. The van der Waals surface area contributed by atoms with Crippen LogP contribution in [0.1, 0.15) is 10.5 Å². The minimum atomic E-state index is -2.67. The maximum Gasteiger partial charge on any atom is 0.282 e. The Kier molecular flexibility index (Phi) is 5.48. The first kappa shape index (κ1) is 22.4. The first-order valence-corrected chi connectivity index (χ1v) is 11.6. The van der Waals surface area contributed by atoms with Crippen molar-refractivity contribution in [3.05, 3.63) is 60.7 Å². The van der Waals surface area contributed by atoms with E-state index in [4.69, 9.17) is 4.74 Å². The van der Waals surface area contributed by atoms with E-state index in [0.29, 0.717) is 30.1 Å². The van der Waals surface area contributed by atoms with Gasteiger partial charge >= 0.3 is 0 Å². The van der Waals surface area contributed by atoms with Crippen molar-refractivity contribution in [2.75, 3.05) is 54.5 Å². The molecule has 6 rings (SSSR count). The smallest absolute Gasteiger partial charge is 0.282 e. The summed E-state index contributed by atoms with van der Waals surface area (Å²) in [6.07, 6.45) is 5.09. The van der Waals surface area contributed by atoms with E-state index in [9.17, 15) is 13.6 Å². The molecule has 0 radical (unpaired) electrons. The summed E-state index contributed by atoms with van der Waals surface area (Å²) in [4.78, 5) is 25.3. The van der Waals surface area contributed by atoms with Gasteiger partial charge < -0.3 is 19.9 Å². The van der Waals surface area contributed by atoms with Gasteiger partial charge in [-0.15, -0.1) is 0 Å². The van der Waals surface area contributed by atoms with Crippen molar-refractivity contribution in [1.82, 2.24) is 20.2 Å². The topological polar surface area (TPSA) is 99.3 Å². The van der Waals surface area contributed by atoms with Crippen LogP contribution in [0.2, 0.25) is 0 Å². The standard InChI is InChI=1S/C25H23F2N7O2/c26-25(27)14-34(15-25)22-4-2-18(12-29-22)30-24(35)23-20-10-16(1-3-21(20)31-32-23)17-9-19(13-28-11-17)33-5-7-36-8-6-33/h1-4,9-13H,5-8,14-15H2,(H,30,35)(H,31,32). The molecule has 3 aromatic heterocycles. The Labute approximate surface area is 205 Å². The van der Waals surface area contributed by atoms with E-state index in [0.717, 1.165) is 35.4 Å². The highest BCUT2D eigenvalue weighted by Gasteiger charge is 2.44. The number of benzene rings is 1. The van der Waals surface area contributed by atoms with Gasteiger partial charge in [-0.05, 0) is 35.9 Å². The Morgan fingerprint density at radius 2 is 1.83 bits per heavy atom. The van der Waals surface area contributed by atoms with E-state index in [2.05, 4.69) is 36.4 Å². The predicted molar refractivity (Wildman–Crippen MR) is 132 cm³/mol. The van der Waals surface area contributed by atoms with Crippen LogP contribution in [0.4, 0.5) is 26.0 Å². The molecular formula is C25H23F2N7O2. The van der Waals surface area contributed by atoms with Crippen molar-refractivity contribution in [2.24, 2.45) is 0 Å². The lowest BCUT2D eigenvalue weighted by molar-refractivity contribution is -0.0267. The van der Waals surface area contributed by atoms with Crippen LogP contribution in [0.25, 0.3) is 22.0 Å². The van der Waals surface area contributed by atoms with E-state index in [1.54, 1.807) is 18.3 Å². The number of nitrogens with one attached hydrogen (secondary N) is 2. The number of morpholine rings is 1. The Hall–Kier alpha value is -4.12. The van der Waals surface area contributed by atoms with Crippen LogP contribution in [-0.4, -0.2) is 71.4 Å². The van der Waals surface area contributed by atoms with Crippen LogP contribution < -0.4 is 15.1 Å². The second-order valence-corrected chi connectivity index (χ2v) is 8.94. The highest BCUT2D eigenvalue weighted by molar-refractivity contribution is 6.11. The molecule has 0 bridgehead atoms. The van der Waals surface area contributed by atoms with Crippen LogP contribution in [0, 0.1) is 0 Å². The number of ether oxygens (including phenoxy) is 1. The van der Waals surface area contributed by atoms with Crippen molar-refractivity contribution in [2.45, 2.75) is 5.92 Å². The van der Waals surface area contributed by atoms with Crippen molar-refractivity contribution in [3.63, 3.8) is 0 Å². The molecule has 2 aliphatic rings. The van der Waals surface area contributed by atoms with E-state index in [1.165, 1.54) is 11.1 Å². The molecule has 0 unspecified atom stereocenters. The molecule has 1 amide bonds. The molecule has 2 N–H and O–H groups in total. The van der Waals surface area contributed by atoms with E-state index >= 15 is 0 Å². The molecule has 11 heteroatoms. The van der Waals surface area contributed by atoms with Gasteiger partial charge in [0.05, 0.1) is 55.6 Å². The summed E-state index contributed by atoms with van der Waals surface area (Å²) in [6.45, 7) is 2.32. The van der Waals surface area contributed by atoms with Crippen LogP contribution in [0.3, 0.4) is 0 Å². The molecule has 0 aliphatic carbocycles. The predicted octanol–water partition coefficient (Wildman–Crippen LogP) is 3.56. The second-order valence-electron chi connectivity index (χ2n) is 8.94. The Morgan fingerprint density at radius 3 is 2.58 bits per heavy atom. The van der Waals surface area contributed by atoms with Crippen molar-refractivity contribution < 1.29 is 18.3 Å². The van der Waals surface area contributed by atoms with Gasteiger partial charge in [0.25, 0.3) is 11.8 Å². The third-order valence-corrected chi connectivity index (χ3v) is 6.39. The van der Waals surface area contributed by atoms with Gasteiger partial charge in [-0.2, -0.15) is 5.10 Å². The molecule has 0 spiro atoms. The molecular weight excluding hydrogens is 468 g/mol. The number of hydrogen-bond acceptors (Lipinski definition) is 7. The second kappa shape index (κ2) is 8.83. The zero-order chi connectivity index (χ0) is 24.7. The van der Waals surface area contributed by atoms with Crippen molar-refractivity contribution in [3.8, 4) is 11.1 Å². The molecule has 184 valence electrons. The highest BCUT2D eigenvalue weighted by Crippen LogP contribution is 2.31. The highest BCUT2D eigenvalue weighted by atomic mass is 19.3. The summed E-state index contributed by atoms with van der Waals surface area (Å²) in [7, 11) is 0. The first-order chi connectivity index (χ1) is 17.4. The third kappa shape index (κ3) is 4.33. The van der Waals surface area contributed by atoms with Crippen molar-refractivity contribution >= 4 is 34.0 Å². The largest absolute Gasteiger partial charge is 0.378 e. The average Bonchev–Trinajstić information content (AvgIpc) is 3.32. The maximum atomic E-state index is 13.1. The number of hydrogen-bond donors (Lipinski definition) is 2. The van der Waals surface area contributed by atoms with Crippen molar-refractivity contribution in [1.29, 1.82) is 0 Å². The van der Waals surface area contributed by atoms with Gasteiger partial charge in [-0.25, -0.2) is 13.8 Å². The SMILES string of the molecule is O=C(Nc1ccc(N2CC(F)(F)C2)nc1)c1n[nH]c2ccc(-c3cncc(N4CCOCC4)c3)cc12. The third-order valence-electron chi connectivity index (χ3n) is 6.39. The molecule has 0 atom stereocenters. The number of pyridine rings is 2. The molecule has 4 aromatic rings. The number of carbonyl (C=O) groups is 1. The fourth-order valence-electron chi connectivity index (χ4n) is 4.46. The number of carbonyl (C=O) groups excluding carboxylic acids is 1. The minimum Gasteiger partial charge on any atom is -0.378 e. The van der Waals surface area contributed by atoms with Gasteiger partial charge in [-0.1, -0.05) is 6.07 Å². The van der Waals surface area contributed by atoms with Gasteiger partial charge in [0, 0.05) is 30.2 Å². The molecule has 9 nitrogen and oxygen atoms in total. The summed E-state index contributed by atoms with van der Waals surface area (Å²) in [5, 5.41) is 10.6. The molecule has 5 heterocycles. The summed E-state index contributed by atoms with van der Waals surface area (Å²) < 4.78 is 31.7. The van der Waals surface area contributed by atoms with Crippen LogP contribution in [0.15, 0.2) is 55.0 Å². The molecule has 36 heavy (non-hydrogen) atoms. The summed E-state index contributed by atoms with van der Waals surface area (Å²) in [5.41, 5.74) is 4.30. The number of amides is 1. The number of nitrogens with zero attached hydrogens (tertiary/aromatic N) is 5. The van der Waals surface area contributed by atoms with Gasteiger partial charge in [0.1, 0.15) is 5.82 Å². The Morgan fingerprint density at radius 1 is 1.00 bits per heavy atom. The van der Waals surface area contributed by atoms with E-state index < -0.39 is 11.8 Å². The zero-order valence-corrected chi connectivity index (χ0v) is 19.2. The summed E-state index contributed by atoms with van der Waals surface area (Å²) >= 11 is 0. The van der Waals surface area contributed by atoms with E-state index in [-0.39, 0.29) is 18.8 Å². The summed E-state index contributed by atoms with van der Waals surface area (Å²) in [5.74, 6) is -2.63. The lowest BCUT2D eigenvalue weighted by atomic mass is 10.0. The average molecular weight is 492 g/mol. The number of aromatic amines is 1. The molecule has 2 aliphatic heterocycles. The molecule has 1 aromatic carbocycles. The number of rotatable bonds is 5. The fraction of sp³-hybridized carbons (Fsp3) is 0.280. The Bertz CT molecular complexity index is 1410. The van der Waals surface area contributed by atoms with E-state index in [1.807, 2.05) is 24.4 Å². The lowest BCUT2D eigenvalue weighted by Crippen LogP contribution is -2.56. The maximum absolute atomic E-state index is 13.1. The molecule has 2 saturated heterocycles. The van der Waals surface area contributed by atoms with Gasteiger partial charge in [0.15, 0.2) is 5.69 Å². The number of halogens is 2. The fourth-order valence-corrected chi connectivity index (χ4v) is 4.46. The number of H-pyrrole nitrogens is 1. The molecule has 2 fully saturated rings. The van der Waals surface area contributed by atoms with Crippen LogP contribution >= 0.6 is 0 Å². The Balaban J connectivity index is 1.21. The molecule has 0 saturated carbocycles. The quantitative estimate of drug-likeness (QED) is 0.440. The number of fused-ring (bicyclic) bond motifs is 1. The minimum absolute atomic E-state index is 0.246. The number of alkyl halides is 2. The monoisotopic (exact) mass is 491 g/mol. The van der Waals surface area contributed by atoms with Gasteiger partial charge in [-0.3, -0.25) is 14.9 Å². The number of aromatic nitrogens is 4.